The summed E-state index contributed by atoms with van der Waals surface area (Å²) in [5.74, 6) is 0.842. The number of pyridine rings is 1. The number of para-hydroxylation sites is 2. The lowest BCUT2D eigenvalue weighted by Crippen LogP contribution is -2.01. The molecule has 5 nitrogen and oxygen atoms in total. The van der Waals surface area contributed by atoms with Gasteiger partial charge >= 0.3 is 0 Å². The second kappa shape index (κ2) is 6.48. The zero-order chi connectivity index (χ0) is 19.1. The van der Waals surface area contributed by atoms with Crippen LogP contribution in [0.25, 0.3) is 27.9 Å². The molecular formula is C22H15N5S. The summed E-state index contributed by atoms with van der Waals surface area (Å²) in [6.07, 6.45) is 0. The topological polar surface area (TPSA) is 66.0 Å². The van der Waals surface area contributed by atoms with Crippen molar-refractivity contribution in [2.45, 2.75) is 6.92 Å². The molecule has 0 bridgehead atoms. The maximum Gasteiger partial charge on any atom is 0.188 e. The lowest BCUT2D eigenvalue weighted by molar-refractivity contribution is 1.18. The molecule has 0 aliphatic carbocycles. The predicted molar refractivity (Wildman–Crippen MR) is 113 cm³/mol. The van der Waals surface area contributed by atoms with Gasteiger partial charge in [0.25, 0.3) is 0 Å². The summed E-state index contributed by atoms with van der Waals surface area (Å²) in [5.41, 5.74) is 5.96. The van der Waals surface area contributed by atoms with Crippen molar-refractivity contribution >= 4 is 39.0 Å². The number of anilines is 2. The van der Waals surface area contributed by atoms with Gasteiger partial charge in [0.15, 0.2) is 10.8 Å². The minimum atomic E-state index is 0.589. The monoisotopic (exact) mass is 381 g/mol. The molecule has 0 aliphatic heterocycles. The van der Waals surface area contributed by atoms with Crippen LogP contribution in [0, 0.1) is 18.3 Å². The van der Waals surface area contributed by atoms with Gasteiger partial charge in [-0.15, -0.1) is 11.3 Å². The molecule has 0 amide bonds. The highest BCUT2D eigenvalue weighted by atomic mass is 32.1. The molecule has 0 radical (unpaired) electrons. The van der Waals surface area contributed by atoms with Crippen LogP contribution >= 0.6 is 11.3 Å². The number of aromatic nitrogens is 3. The van der Waals surface area contributed by atoms with Gasteiger partial charge in [-0.1, -0.05) is 42.5 Å². The second-order valence-corrected chi connectivity index (χ2v) is 7.35. The van der Waals surface area contributed by atoms with Crippen molar-refractivity contribution in [3.8, 4) is 17.3 Å². The number of imidazole rings is 1. The quantitative estimate of drug-likeness (QED) is 0.446. The van der Waals surface area contributed by atoms with E-state index in [4.69, 9.17) is 4.98 Å². The van der Waals surface area contributed by atoms with Crippen molar-refractivity contribution < 1.29 is 0 Å². The van der Waals surface area contributed by atoms with Gasteiger partial charge in [-0.3, -0.25) is 4.40 Å². The molecule has 0 saturated heterocycles. The van der Waals surface area contributed by atoms with Crippen molar-refractivity contribution in [3.05, 3.63) is 77.2 Å². The van der Waals surface area contributed by atoms with Crippen LogP contribution in [0.5, 0.6) is 0 Å². The number of aryl methyl sites for hydroxylation is 1. The van der Waals surface area contributed by atoms with E-state index in [2.05, 4.69) is 16.4 Å². The molecule has 0 unspecified atom stereocenters. The first-order chi connectivity index (χ1) is 13.7. The number of hydrogen-bond donors (Lipinski definition) is 1. The standard InChI is InChI=1S/C22H15N5S/c1-14-11-20(26-22-25-18(13-28-22)15-7-3-2-4-8-15)27-19-10-6-5-9-17(19)24-21(27)16(14)12-23/h2-11,13H,1H3,(H,25,26). The summed E-state index contributed by atoms with van der Waals surface area (Å²) in [4.78, 5) is 9.41. The lowest BCUT2D eigenvalue weighted by Gasteiger charge is -2.10. The zero-order valence-corrected chi connectivity index (χ0v) is 15.9. The molecule has 0 spiro atoms. The maximum atomic E-state index is 9.62. The Balaban J connectivity index is 1.66. The van der Waals surface area contributed by atoms with Crippen LogP contribution < -0.4 is 5.32 Å². The van der Waals surface area contributed by atoms with Gasteiger partial charge in [-0.05, 0) is 30.7 Å². The average molecular weight is 381 g/mol. The van der Waals surface area contributed by atoms with Crippen LogP contribution in [-0.4, -0.2) is 14.4 Å². The fraction of sp³-hybridized carbons (Fsp3) is 0.0455. The third-order valence-corrected chi connectivity index (χ3v) is 5.45. The van der Waals surface area contributed by atoms with E-state index in [1.165, 1.54) is 0 Å². The van der Waals surface area contributed by atoms with Crippen molar-refractivity contribution in [1.82, 2.24) is 14.4 Å². The van der Waals surface area contributed by atoms with E-state index in [-0.39, 0.29) is 0 Å². The van der Waals surface area contributed by atoms with Crippen LogP contribution in [0.15, 0.2) is 66.0 Å². The molecule has 5 rings (SSSR count). The summed E-state index contributed by atoms with van der Waals surface area (Å²) in [6.45, 7) is 1.93. The maximum absolute atomic E-state index is 9.62. The van der Waals surface area contributed by atoms with E-state index in [9.17, 15) is 5.26 Å². The Labute approximate surface area is 165 Å². The van der Waals surface area contributed by atoms with Crippen LogP contribution in [0.3, 0.4) is 0 Å². The average Bonchev–Trinajstić information content (AvgIpc) is 3.33. The summed E-state index contributed by atoms with van der Waals surface area (Å²) in [6, 6.07) is 22.3. The van der Waals surface area contributed by atoms with E-state index in [1.54, 1.807) is 11.3 Å². The van der Waals surface area contributed by atoms with Crippen LogP contribution in [0.1, 0.15) is 11.1 Å². The number of rotatable bonds is 3. The molecule has 3 heterocycles. The van der Waals surface area contributed by atoms with Gasteiger partial charge < -0.3 is 5.32 Å². The first-order valence-corrected chi connectivity index (χ1v) is 9.71. The smallest absolute Gasteiger partial charge is 0.188 e. The van der Waals surface area contributed by atoms with E-state index in [0.29, 0.717) is 11.2 Å². The molecule has 3 aromatic heterocycles. The Morgan fingerprint density at radius 3 is 2.64 bits per heavy atom. The molecular weight excluding hydrogens is 366 g/mol. The summed E-state index contributed by atoms with van der Waals surface area (Å²) >= 11 is 1.55. The predicted octanol–water partition coefficient (Wildman–Crippen LogP) is 5.53. The van der Waals surface area contributed by atoms with Gasteiger partial charge in [0.05, 0.1) is 22.3 Å². The number of nitrogens with zero attached hydrogens (tertiary/aromatic N) is 4. The van der Waals surface area contributed by atoms with Gasteiger partial charge in [0.1, 0.15) is 11.9 Å². The molecule has 28 heavy (non-hydrogen) atoms. The highest BCUT2D eigenvalue weighted by molar-refractivity contribution is 7.14. The number of nitriles is 1. The minimum absolute atomic E-state index is 0.589. The third-order valence-electron chi connectivity index (χ3n) is 4.69. The Hall–Kier alpha value is -3.69. The van der Waals surface area contributed by atoms with Crippen LogP contribution in [0.2, 0.25) is 0 Å². The number of hydrogen-bond acceptors (Lipinski definition) is 5. The number of nitrogens with one attached hydrogen (secondary N) is 1. The van der Waals surface area contributed by atoms with Gasteiger partial charge in [-0.25, -0.2) is 9.97 Å². The third kappa shape index (κ3) is 2.61. The summed E-state index contributed by atoms with van der Waals surface area (Å²) < 4.78 is 1.99. The Morgan fingerprint density at radius 2 is 1.82 bits per heavy atom. The van der Waals surface area contributed by atoms with Gasteiger partial charge in [-0.2, -0.15) is 5.26 Å². The van der Waals surface area contributed by atoms with Crippen molar-refractivity contribution in [3.63, 3.8) is 0 Å². The first-order valence-electron chi connectivity index (χ1n) is 8.83. The van der Waals surface area contributed by atoms with E-state index >= 15 is 0 Å². The Kier molecular flexibility index (Phi) is 3.81. The van der Waals surface area contributed by atoms with Crippen molar-refractivity contribution in [2.24, 2.45) is 0 Å². The molecule has 134 valence electrons. The molecule has 0 fully saturated rings. The van der Waals surface area contributed by atoms with E-state index in [1.807, 2.05) is 77.4 Å². The molecule has 2 aromatic carbocycles. The van der Waals surface area contributed by atoms with Gasteiger partial charge in [0.2, 0.25) is 0 Å². The fourth-order valence-corrected chi connectivity index (χ4v) is 4.09. The Bertz CT molecular complexity index is 1360. The fourth-order valence-electron chi connectivity index (χ4n) is 3.37. The van der Waals surface area contributed by atoms with Crippen molar-refractivity contribution in [2.75, 3.05) is 5.32 Å². The molecule has 0 saturated carbocycles. The number of benzene rings is 2. The van der Waals surface area contributed by atoms with Crippen molar-refractivity contribution in [1.29, 1.82) is 5.26 Å². The SMILES string of the molecule is Cc1cc(Nc2nc(-c3ccccc3)cs2)n2c(nc3ccccc32)c1C#N. The largest absolute Gasteiger partial charge is 0.317 e. The zero-order valence-electron chi connectivity index (χ0n) is 15.0. The first kappa shape index (κ1) is 16.5. The molecule has 6 heteroatoms. The molecule has 5 aromatic rings. The highest BCUT2D eigenvalue weighted by Crippen LogP contribution is 2.31. The molecule has 0 atom stereocenters. The van der Waals surface area contributed by atoms with Crippen LogP contribution in [0.4, 0.5) is 10.9 Å². The number of thiazole rings is 1. The van der Waals surface area contributed by atoms with Crippen LogP contribution in [-0.2, 0) is 0 Å². The summed E-state index contributed by atoms with van der Waals surface area (Å²) in [7, 11) is 0. The Morgan fingerprint density at radius 1 is 1.04 bits per heavy atom. The molecule has 0 aliphatic rings. The van der Waals surface area contributed by atoms with Gasteiger partial charge in [0, 0.05) is 10.9 Å². The normalized spacial score (nSPS) is 11.0. The van der Waals surface area contributed by atoms with E-state index in [0.717, 1.165) is 38.8 Å². The molecule has 1 N–H and O–H groups in total. The number of fused-ring (bicyclic) bond motifs is 3. The second-order valence-electron chi connectivity index (χ2n) is 6.49. The summed E-state index contributed by atoms with van der Waals surface area (Å²) in [5, 5.41) is 15.9. The lowest BCUT2D eigenvalue weighted by atomic mass is 10.1. The minimum Gasteiger partial charge on any atom is -0.317 e. The highest BCUT2D eigenvalue weighted by Gasteiger charge is 2.16. The van der Waals surface area contributed by atoms with E-state index < -0.39 is 0 Å².